The fraction of sp³-hybridized carbons (Fsp3) is 0.615. The van der Waals surface area contributed by atoms with Gasteiger partial charge in [0.15, 0.2) is 0 Å². The van der Waals surface area contributed by atoms with Crippen molar-refractivity contribution in [3.05, 3.63) is 15.8 Å². The van der Waals surface area contributed by atoms with E-state index >= 15 is 0 Å². The molecular formula is C13H18ClNO3S2. The molecule has 0 aliphatic heterocycles. The van der Waals surface area contributed by atoms with Gasteiger partial charge in [0, 0.05) is 21.6 Å². The third-order valence-corrected chi connectivity index (χ3v) is 6.34. The first kappa shape index (κ1) is 15.8. The maximum atomic E-state index is 12.1. The van der Waals surface area contributed by atoms with Gasteiger partial charge in [-0.1, -0.05) is 6.92 Å². The number of amides is 1. The monoisotopic (exact) mass is 335 g/mol. The summed E-state index contributed by atoms with van der Waals surface area (Å²) in [6.07, 6.45) is 4.21. The van der Waals surface area contributed by atoms with Gasteiger partial charge in [-0.25, -0.2) is 8.42 Å². The highest BCUT2D eigenvalue weighted by Crippen LogP contribution is 2.29. The molecule has 4 nitrogen and oxygen atoms in total. The largest absolute Gasteiger partial charge is 0.349 e. The number of aryl methyl sites for hydroxylation is 1. The molecule has 0 atom stereocenters. The Bertz CT molecular complexity index is 601. The summed E-state index contributed by atoms with van der Waals surface area (Å²) in [4.78, 5) is 13.1. The minimum absolute atomic E-state index is 0.0339. The summed E-state index contributed by atoms with van der Waals surface area (Å²) in [5.41, 5.74) is 0. The van der Waals surface area contributed by atoms with Crippen LogP contribution in [0, 0.1) is 12.8 Å². The van der Waals surface area contributed by atoms with Gasteiger partial charge < -0.3 is 5.32 Å². The van der Waals surface area contributed by atoms with Gasteiger partial charge in [-0.3, -0.25) is 4.79 Å². The van der Waals surface area contributed by atoms with Gasteiger partial charge in [0.25, 0.3) is 15.0 Å². The molecule has 1 aliphatic rings. The van der Waals surface area contributed by atoms with Crippen molar-refractivity contribution in [3.63, 3.8) is 0 Å². The fourth-order valence-electron chi connectivity index (χ4n) is 2.48. The van der Waals surface area contributed by atoms with Crippen molar-refractivity contribution in [2.24, 2.45) is 5.92 Å². The molecule has 1 saturated carbocycles. The molecule has 1 aromatic heterocycles. The van der Waals surface area contributed by atoms with Crippen LogP contribution in [-0.4, -0.2) is 20.4 Å². The predicted octanol–water partition coefficient (Wildman–Crippen LogP) is 3.29. The van der Waals surface area contributed by atoms with E-state index in [1.165, 1.54) is 6.07 Å². The summed E-state index contributed by atoms with van der Waals surface area (Å²) >= 11 is 1.16. The Hall–Kier alpha value is -0.590. The number of rotatable bonds is 3. The van der Waals surface area contributed by atoms with E-state index in [-0.39, 0.29) is 16.8 Å². The summed E-state index contributed by atoms with van der Waals surface area (Å²) in [5, 5.41) is 2.98. The highest BCUT2D eigenvalue weighted by Gasteiger charge is 2.23. The molecule has 1 N–H and O–H groups in total. The van der Waals surface area contributed by atoms with Crippen LogP contribution in [0.15, 0.2) is 11.0 Å². The van der Waals surface area contributed by atoms with Gasteiger partial charge in [0.2, 0.25) is 0 Å². The Labute approximate surface area is 127 Å². The van der Waals surface area contributed by atoms with Gasteiger partial charge >= 0.3 is 0 Å². The predicted molar refractivity (Wildman–Crippen MR) is 81.0 cm³/mol. The van der Waals surface area contributed by atoms with Crippen molar-refractivity contribution in [3.8, 4) is 0 Å². The van der Waals surface area contributed by atoms with Gasteiger partial charge in [-0.15, -0.1) is 11.3 Å². The molecule has 0 radical (unpaired) electrons. The quantitative estimate of drug-likeness (QED) is 0.862. The number of thiophene rings is 1. The number of nitrogens with one attached hydrogen (secondary N) is 1. The summed E-state index contributed by atoms with van der Waals surface area (Å²) in [6.45, 7) is 3.87. The molecule has 1 amide bonds. The molecule has 0 bridgehead atoms. The number of hydrogen-bond donors (Lipinski definition) is 1. The summed E-state index contributed by atoms with van der Waals surface area (Å²) in [6, 6.07) is 1.56. The average Bonchev–Trinajstić information content (AvgIpc) is 2.74. The van der Waals surface area contributed by atoms with E-state index in [4.69, 9.17) is 10.7 Å². The number of carbonyl (C=O) groups excluding carboxylic acids is 1. The van der Waals surface area contributed by atoms with Gasteiger partial charge in [-0.05, 0) is 44.6 Å². The Morgan fingerprint density at radius 3 is 2.45 bits per heavy atom. The van der Waals surface area contributed by atoms with Crippen LogP contribution in [-0.2, 0) is 9.05 Å². The van der Waals surface area contributed by atoms with Crippen molar-refractivity contribution in [1.29, 1.82) is 0 Å². The van der Waals surface area contributed by atoms with Crippen LogP contribution < -0.4 is 5.32 Å². The lowest BCUT2D eigenvalue weighted by atomic mass is 9.87. The maximum absolute atomic E-state index is 12.1. The molecule has 112 valence electrons. The van der Waals surface area contributed by atoms with Crippen LogP contribution in [0.3, 0.4) is 0 Å². The van der Waals surface area contributed by atoms with Crippen LogP contribution in [0.4, 0.5) is 0 Å². The maximum Gasteiger partial charge on any atom is 0.262 e. The van der Waals surface area contributed by atoms with E-state index in [9.17, 15) is 13.2 Å². The third-order valence-electron chi connectivity index (χ3n) is 3.71. The average molecular weight is 336 g/mol. The minimum Gasteiger partial charge on any atom is -0.349 e. The molecule has 2 rings (SSSR count). The first-order valence-electron chi connectivity index (χ1n) is 6.63. The second-order valence-electron chi connectivity index (χ2n) is 5.40. The van der Waals surface area contributed by atoms with Crippen molar-refractivity contribution in [2.45, 2.75) is 50.5 Å². The summed E-state index contributed by atoms with van der Waals surface area (Å²) in [5.74, 6) is 0.518. The van der Waals surface area contributed by atoms with Gasteiger partial charge in [0.1, 0.15) is 0 Å². The zero-order valence-electron chi connectivity index (χ0n) is 11.5. The highest BCUT2D eigenvalue weighted by molar-refractivity contribution is 8.13. The van der Waals surface area contributed by atoms with E-state index in [1.54, 1.807) is 6.92 Å². The van der Waals surface area contributed by atoms with Crippen LogP contribution in [0.5, 0.6) is 0 Å². The normalized spacial score (nSPS) is 23.6. The lowest BCUT2D eigenvalue weighted by Crippen LogP contribution is -2.36. The number of hydrogen-bond acceptors (Lipinski definition) is 4. The standard InChI is InChI=1S/C13H18ClNO3S2/c1-8-3-5-10(6-4-8)15-13(16)11-7-12(9(2)19-11)20(14,17)18/h7-8,10H,3-6H2,1-2H3,(H,15,16). The Kier molecular flexibility index (Phi) is 4.76. The van der Waals surface area contributed by atoms with Crippen molar-refractivity contribution >= 4 is 37.0 Å². The molecule has 1 aromatic rings. The summed E-state index contributed by atoms with van der Waals surface area (Å²) in [7, 11) is 1.55. The number of halogens is 1. The second-order valence-corrected chi connectivity index (χ2v) is 9.19. The van der Waals surface area contributed by atoms with Crippen LogP contribution in [0.25, 0.3) is 0 Å². The molecule has 20 heavy (non-hydrogen) atoms. The molecule has 0 unspecified atom stereocenters. The molecule has 0 aromatic carbocycles. The van der Waals surface area contributed by atoms with Crippen LogP contribution >= 0.6 is 22.0 Å². The van der Waals surface area contributed by atoms with E-state index in [1.807, 2.05) is 0 Å². The molecule has 0 saturated heterocycles. The molecule has 1 heterocycles. The van der Waals surface area contributed by atoms with Gasteiger partial charge in [-0.2, -0.15) is 0 Å². The van der Waals surface area contributed by atoms with Crippen molar-refractivity contribution < 1.29 is 13.2 Å². The second kappa shape index (κ2) is 6.03. The van der Waals surface area contributed by atoms with E-state index < -0.39 is 9.05 Å². The fourth-order valence-corrected chi connectivity index (χ4v) is 5.05. The first-order valence-corrected chi connectivity index (χ1v) is 9.76. The zero-order chi connectivity index (χ0) is 14.9. The van der Waals surface area contributed by atoms with Crippen molar-refractivity contribution in [1.82, 2.24) is 5.32 Å². The first-order chi connectivity index (χ1) is 9.27. The van der Waals surface area contributed by atoms with Gasteiger partial charge in [0.05, 0.1) is 9.77 Å². The van der Waals surface area contributed by atoms with E-state index in [0.717, 1.165) is 42.9 Å². The topological polar surface area (TPSA) is 63.2 Å². The third kappa shape index (κ3) is 3.74. The number of carbonyl (C=O) groups is 1. The zero-order valence-corrected chi connectivity index (χ0v) is 13.9. The van der Waals surface area contributed by atoms with Crippen molar-refractivity contribution in [2.75, 3.05) is 0 Å². The molecule has 7 heteroatoms. The Balaban J connectivity index is 2.07. The molecule has 1 aliphatic carbocycles. The summed E-state index contributed by atoms with van der Waals surface area (Å²) < 4.78 is 22.7. The lowest BCUT2D eigenvalue weighted by molar-refractivity contribution is 0.0927. The smallest absolute Gasteiger partial charge is 0.262 e. The minimum atomic E-state index is -3.78. The lowest BCUT2D eigenvalue weighted by Gasteiger charge is -2.26. The molecule has 1 fully saturated rings. The van der Waals surface area contributed by atoms with Crippen LogP contribution in [0.2, 0.25) is 0 Å². The highest BCUT2D eigenvalue weighted by atomic mass is 35.7. The Morgan fingerprint density at radius 2 is 1.95 bits per heavy atom. The van der Waals surface area contributed by atoms with Crippen LogP contribution in [0.1, 0.15) is 47.2 Å². The molecule has 0 spiro atoms. The molecular weight excluding hydrogens is 318 g/mol. The Morgan fingerprint density at radius 1 is 1.35 bits per heavy atom. The van der Waals surface area contributed by atoms with E-state index in [0.29, 0.717) is 9.75 Å². The van der Waals surface area contributed by atoms with E-state index in [2.05, 4.69) is 12.2 Å². The SMILES string of the molecule is Cc1sc(C(=O)NC2CCC(C)CC2)cc1S(=O)(=O)Cl.